The van der Waals surface area contributed by atoms with Gasteiger partial charge in [-0.2, -0.15) is 0 Å². The van der Waals surface area contributed by atoms with Crippen molar-refractivity contribution in [3.8, 4) is 5.75 Å². The van der Waals surface area contributed by atoms with Crippen molar-refractivity contribution in [1.82, 2.24) is 0 Å². The van der Waals surface area contributed by atoms with Gasteiger partial charge in [0.2, 0.25) is 5.91 Å². The highest BCUT2D eigenvalue weighted by molar-refractivity contribution is 5.94. The standard InChI is InChI=1S/C19H22N2O2/c1-3-23-16-10-8-15(9-11-16)20-19(22)13-21-12-14(2)17-6-4-5-7-18(17)21/h4-11,14H,3,12-13H2,1-2H3,(H,20,22). The number of hydrogen-bond donors (Lipinski definition) is 1. The zero-order valence-corrected chi connectivity index (χ0v) is 13.6. The number of ether oxygens (including phenoxy) is 1. The fraction of sp³-hybridized carbons (Fsp3) is 0.316. The quantitative estimate of drug-likeness (QED) is 0.916. The summed E-state index contributed by atoms with van der Waals surface area (Å²) in [7, 11) is 0. The van der Waals surface area contributed by atoms with Crippen LogP contribution in [0.15, 0.2) is 48.5 Å². The van der Waals surface area contributed by atoms with Crippen molar-refractivity contribution in [2.24, 2.45) is 0 Å². The van der Waals surface area contributed by atoms with Gasteiger partial charge in [-0.05, 0) is 42.8 Å². The van der Waals surface area contributed by atoms with E-state index in [0.29, 0.717) is 19.1 Å². The number of hydrogen-bond acceptors (Lipinski definition) is 3. The van der Waals surface area contributed by atoms with Crippen molar-refractivity contribution in [2.75, 3.05) is 29.9 Å². The van der Waals surface area contributed by atoms with Crippen LogP contribution in [0, 0.1) is 0 Å². The Morgan fingerprint density at radius 3 is 2.70 bits per heavy atom. The van der Waals surface area contributed by atoms with Gasteiger partial charge in [0.25, 0.3) is 0 Å². The lowest BCUT2D eigenvalue weighted by Gasteiger charge is -2.19. The Bertz CT molecular complexity index is 682. The number of fused-ring (bicyclic) bond motifs is 1. The summed E-state index contributed by atoms with van der Waals surface area (Å²) in [5.74, 6) is 1.27. The van der Waals surface area contributed by atoms with E-state index in [0.717, 1.165) is 18.0 Å². The van der Waals surface area contributed by atoms with Crippen molar-refractivity contribution >= 4 is 17.3 Å². The van der Waals surface area contributed by atoms with E-state index in [1.807, 2.05) is 37.3 Å². The summed E-state index contributed by atoms with van der Waals surface area (Å²) in [5, 5.41) is 2.95. The van der Waals surface area contributed by atoms with E-state index in [1.54, 1.807) is 0 Å². The number of para-hydroxylation sites is 1. The Labute approximate surface area is 137 Å². The van der Waals surface area contributed by atoms with Crippen LogP contribution in [0.2, 0.25) is 0 Å². The molecule has 1 atom stereocenters. The number of benzene rings is 2. The monoisotopic (exact) mass is 310 g/mol. The number of nitrogens with zero attached hydrogens (tertiary/aromatic N) is 1. The zero-order chi connectivity index (χ0) is 16.2. The Balaban J connectivity index is 1.62. The predicted octanol–water partition coefficient (Wildman–Crippen LogP) is 3.65. The highest BCUT2D eigenvalue weighted by Crippen LogP contribution is 2.35. The fourth-order valence-electron chi connectivity index (χ4n) is 3.04. The van der Waals surface area contributed by atoms with Crippen molar-refractivity contribution in [1.29, 1.82) is 0 Å². The van der Waals surface area contributed by atoms with Gasteiger partial charge in [0.1, 0.15) is 5.75 Å². The molecule has 1 aliphatic heterocycles. The summed E-state index contributed by atoms with van der Waals surface area (Å²) in [6.07, 6.45) is 0. The second kappa shape index (κ2) is 6.73. The zero-order valence-electron chi connectivity index (χ0n) is 13.6. The molecule has 2 aromatic rings. The van der Waals surface area contributed by atoms with Crippen LogP contribution < -0.4 is 15.0 Å². The van der Waals surface area contributed by atoms with E-state index in [1.165, 1.54) is 11.3 Å². The smallest absolute Gasteiger partial charge is 0.243 e. The first-order valence-corrected chi connectivity index (χ1v) is 8.04. The van der Waals surface area contributed by atoms with Gasteiger partial charge >= 0.3 is 0 Å². The molecule has 1 unspecified atom stereocenters. The van der Waals surface area contributed by atoms with Gasteiger partial charge in [-0.3, -0.25) is 4.79 Å². The average Bonchev–Trinajstić information content (AvgIpc) is 2.86. The molecule has 0 bridgehead atoms. The third kappa shape index (κ3) is 3.47. The minimum atomic E-state index is -0.00179. The third-order valence-corrected chi connectivity index (χ3v) is 4.09. The van der Waals surface area contributed by atoms with Crippen LogP contribution >= 0.6 is 0 Å². The fourth-order valence-corrected chi connectivity index (χ4v) is 3.04. The first kappa shape index (κ1) is 15.4. The molecule has 0 radical (unpaired) electrons. The second-order valence-electron chi connectivity index (χ2n) is 5.85. The lowest BCUT2D eigenvalue weighted by atomic mass is 10.0. The maximum Gasteiger partial charge on any atom is 0.243 e. The summed E-state index contributed by atoms with van der Waals surface area (Å²) in [5.41, 5.74) is 3.28. The molecule has 1 aliphatic rings. The number of carbonyl (C=O) groups is 1. The normalized spacial score (nSPS) is 16.1. The number of amides is 1. The van der Waals surface area contributed by atoms with Crippen LogP contribution in [-0.4, -0.2) is 25.6 Å². The second-order valence-corrected chi connectivity index (χ2v) is 5.85. The molecule has 0 saturated heterocycles. The largest absolute Gasteiger partial charge is 0.494 e. The molecule has 0 aromatic heterocycles. The van der Waals surface area contributed by atoms with Crippen LogP contribution in [0.5, 0.6) is 5.75 Å². The molecule has 3 rings (SSSR count). The van der Waals surface area contributed by atoms with Crippen LogP contribution in [0.4, 0.5) is 11.4 Å². The molecule has 0 aliphatic carbocycles. The van der Waals surface area contributed by atoms with Gasteiger partial charge < -0.3 is 15.0 Å². The lowest BCUT2D eigenvalue weighted by Crippen LogP contribution is -2.32. The molecule has 4 nitrogen and oxygen atoms in total. The summed E-state index contributed by atoms with van der Waals surface area (Å²) in [6.45, 7) is 6.04. The summed E-state index contributed by atoms with van der Waals surface area (Å²) in [4.78, 5) is 14.5. The minimum absolute atomic E-state index is 0.00179. The van der Waals surface area contributed by atoms with Gasteiger partial charge in [0.15, 0.2) is 0 Å². The van der Waals surface area contributed by atoms with Gasteiger partial charge in [0, 0.05) is 23.8 Å². The SMILES string of the molecule is CCOc1ccc(NC(=O)CN2CC(C)c3ccccc32)cc1. The molecule has 120 valence electrons. The van der Waals surface area contributed by atoms with Crippen molar-refractivity contribution in [3.63, 3.8) is 0 Å². The average molecular weight is 310 g/mol. The molecule has 1 N–H and O–H groups in total. The Hall–Kier alpha value is -2.49. The molecule has 1 heterocycles. The molecule has 0 saturated carbocycles. The van der Waals surface area contributed by atoms with Gasteiger partial charge in [-0.15, -0.1) is 0 Å². The highest BCUT2D eigenvalue weighted by atomic mass is 16.5. The molecule has 1 amide bonds. The van der Waals surface area contributed by atoms with E-state index in [9.17, 15) is 4.79 Å². The van der Waals surface area contributed by atoms with Crippen LogP contribution in [0.1, 0.15) is 25.3 Å². The van der Waals surface area contributed by atoms with Gasteiger partial charge in [-0.1, -0.05) is 25.1 Å². The molecular weight excluding hydrogens is 288 g/mol. The Morgan fingerprint density at radius 2 is 1.96 bits per heavy atom. The van der Waals surface area contributed by atoms with E-state index in [2.05, 4.69) is 35.3 Å². The lowest BCUT2D eigenvalue weighted by molar-refractivity contribution is -0.115. The summed E-state index contributed by atoms with van der Waals surface area (Å²) in [6, 6.07) is 15.8. The maximum atomic E-state index is 12.3. The topological polar surface area (TPSA) is 41.6 Å². The van der Waals surface area contributed by atoms with E-state index >= 15 is 0 Å². The van der Waals surface area contributed by atoms with E-state index < -0.39 is 0 Å². The van der Waals surface area contributed by atoms with Crippen LogP contribution in [0.3, 0.4) is 0 Å². The molecule has 0 fully saturated rings. The van der Waals surface area contributed by atoms with Crippen LogP contribution in [0.25, 0.3) is 0 Å². The number of rotatable bonds is 5. The summed E-state index contributed by atoms with van der Waals surface area (Å²) < 4.78 is 5.40. The Kier molecular flexibility index (Phi) is 4.51. The molecule has 2 aromatic carbocycles. The van der Waals surface area contributed by atoms with Gasteiger partial charge in [-0.25, -0.2) is 0 Å². The first-order valence-electron chi connectivity index (χ1n) is 8.04. The Morgan fingerprint density at radius 1 is 1.22 bits per heavy atom. The van der Waals surface area contributed by atoms with Crippen molar-refractivity contribution < 1.29 is 9.53 Å². The molecule has 23 heavy (non-hydrogen) atoms. The van der Waals surface area contributed by atoms with Crippen molar-refractivity contribution in [2.45, 2.75) is 19.8 Å². The maximum absolute atomic E-state index is 12.3. The van der Waals surface area contributed by atoms with E-state index in [-0.39, 0.29) is 5.91 Å². The van der Waals surface area contributed by atoms with Crippen LogP contribution in [-0.2, 0) is 4.79 Å². The van der Waals surface area contributed by atoms with Gasteiger partial charge in [0.05, 0.1) is 13.2 Å². The highest BCUT2D eigenvalue weighted by Gasteiger charge is 2.26. The predicted molar refractivity (Wildman–Crippen MR) is 93.3 cm³/mol. The van der Waals surface area contributed by atoms with Crippen molar-refractivity contribution in [3.05, 3.63) is 54.1 Å². The third-order valence-electron chi connectivity index (χ3n) is 4.09. The molecular formula is C19H22N2O2. The summed E-state index contributed by atoms with van der Waals surface area (Å²) >= 11 is 0. The first-order chi connectivity index (χ1) is 11.2. The molecule has 0 spiro atoms. The minimum Gasteiger partial charge on any atom is -0.494 e. The number of nitrogens with one attached hydrogen (secondary N) is 1. The number of anilines is 2. The molecule has 4 heteroatoms. The van der Waals surface area contributed by atoms with E-state index in [4.69, 9.17) is 4.74 Å². The number of carbonyl (C=O) groups excluding carboxylic acids is 1.